The van der Waals surface area contributed by atoms with E-state index in [1.165, 1.54) is 6.07 Å². The molecule has 0 fully saturated rings. The number of anilines is 1. The van der Waals surface area contributed by atoms with Crippen molar-refractivity contribution < 1.29 is 9.18 Å². The average Bonchev–Trinajstić information content (AvgIpc) is 2.77. The number of nitrogens with zero attached hydrogens (tertiary/aromatic N) is 4. The standard InChI is InChI=1S/C18H19FN4O/c1-2-8-22-9-10-23(13-14-4-3-7-20-18(14)22)17(24)11-16-6-5-15(19)12-21-16/h2-7,12H,1,8-11,13H2. The van der Waals surface area contributed by atoms with E-state index in [4.69, 9.17) is 0 Å². The van der Waals surface area contributed by atoms with Crippen LogP contribution in [0.1, 0.15) is 11.3 Å². The van der Waals surface area contributed by atoms with E-state index in [1.54, 1.807) is 17.2 Å². The van der Waals surface area contributed by atoms with E-state index < -0.39 is 5.82 Å². The summed E-state index contributed by atoms with van der Waals surface area (Å²) in [5.41, 5.74) is 1.58. The maximum Gasteiger partial charge on any atom is 0.228 e. The fourth-order valence-corrected chi connectivity index (χ4v) is 2.79. The molecule has 2 aromatic heterocycles. The topological polar surface area (TPSA) is 49.3 Å². The van der Waals surface area contributed by atoms with Crippen molar-refractivity contribution in [3.63, 3.8) is 0 Å². The van der Waals surface area contributed by atoms with Crippen LogP contribution in [0.25, 0.3) is 0 Å². The SMILES string of the molecule is C=CCN1CCN(C(=O)Cc2ccc(F)cn2)Cc2cccnc21. The highest BCUT2D eigenvalue weighted by Gasteiger charge is 2.23. The molecule has 1 aliphatic heterocycles. The number of hydrogen-bond acceptors (Lipinski definition) is 4. The second-order valence-corrected chi connectivity index (χ2v) is 5.68. The number of fused-ring (bicyclic) bond motifs is 1. The van der Waals surface area contributed by atoms with Gasteiger partial charge in [0, 0.05) is 43.6 Å². The van der Waals surface area contributed by atoms with Gasteiger partial charge in [-0.1, -0.05) is 12.1 Å². The number of aromatic nitrogens is 2. The van der Waals surface area contributed by atoms with E-state index in [1.807, 2.05) is 18.2 Å². The van der Waals surface area contributed by atoms with Crippen molar-refractivity contribution in [2.24, 2.45) is 0 Å². The first-order valence-corrected chi connectivity index (χ1v) is 7.85. The zero-order valence-electron chi connectivity index (χ0n) is 13.4. The predicted octanol–water partition coefficient (Wildman–Crippen LogP) is 2.19. The van der Waals surface area contributed by atoms with E-state index in [-0.39, 0.29) is 12.3 Å². The third-order valence-electron chi connectivity index (χ3n) is 3.99. The Hall–Kier alpha value is -2.76. The minimum Gasteiger partial charge on any atom is -0.351 e. The maximum atomic E-state index is 12.9. The highest BCUT2D eigenvalue weighted by atomic mass is 19.1. The largest absolute Gasteiger partial charge is 0.351 e. The summed E-state index contributed by atoms with van der Waals surface area (Å²) in [7, 11) is 0. The molecular formula is C18H19FN4O. The van der Waals surface area contributed by atoms with Crippen molar-refractivity contribution in [2.75, 3.05) is 24.5 Å². The summed E-state index contributed by atoms with van der Waals surface area (Å²) in [6, 6.07) is 6.73. The number of carbonyl (C=O) groups is 1. The molecule has 0 unspecified atom stereocenters. The highest BCUT2D eigenvalue weighted by Crippen LogP contribution is 2.22. The maximum absolute atomic E-state index is 12.9. The van der Waals surface area contributed by atoms with Gasteiger partial charge in [-0.05, 0) is 18.2 Å². The quantitative estimate of drug-likeness (QED) is 0.808. The van der Waals surface area contributed by atoms with Gasteiger partial charge in [-0.2, -0.15) is 0 Å². The molecule has 5 nitrogen and oxygen atoms in total. The summed E-state index contributed by atoms with van der Waals surface area (Å²) in [6.07, 6.45) is 4.89. The number of halogens is 1. The lowest BCUT2D eigenvalue weighted by Gasteiger charge is -2.22. The zero-order chi connectivity index (χ0) is 16.9. The summed E-state index contributed by atoms with van der Waals surface area (Å²) in [5.74, 6) is 0.470. The molecule has 0 aromatic carbocycles. The minimum absolute atomic E-state index is 0.0237. The van der Waals surface area contributed by atoms with Crippen molar-refractivity contribution in [3.05, 3.63) is 66.4 Å². The summed E-state index contributed by atoms with van der Waals surface area (Å²) < 4.78 is 12.9. The van der Waals surface area contributed by atoms with Crippen LogP contribution in [0.5, 0.6) is 0 Å². The number of carbonyl (C=O) groups excluding carboxylic acids is 1. The third-order valence-corrected chi connectivity index (χ3v) is 3.99. The van der Waals surface area contributed by atoms with Crippen molar-refractivity contribution in [3.8, 4) is 0 Å². The van der Waals surface area contributed by atoms with E-state index in [9.17, 15) is 9.18 Å². The molecule has 3 heterocycles. The average molecular weight is 326 g/mol. The Kier molecular flexibility index (Phi) is 4.84. The second-order valence-electron chi connectivity index (χ2n) is 5.68. The fourth-order valence-electron chi connectivity index (χ4n) is 2.79. The molecule has 3 rings (SSSR count). The lowest BCUT2D eigenvalue weighted by molar-refractivity contribution is -0.130. The monoisotopic (exact) mass is 326 g/mol. The first-order valence-electron chi connectivity index (χ1n) is 7.85. The number of rotatable bonds is 4. The van der Waals surface area contributed by atoms with E-state index in [0.29, 0.717) is 31.9 Å². The minimum atomic E-state index is -0.402. The molecule has 0 saturated carbocycles. The van der Waals surface area contributed by atoms with Gasteiger partial charge < -0.3 is 9.80 Å². The Balaban J connectivity index is 1.76. The molecule has 1 amide bonds. The van der Waals surface area contributed by atoms with Crippen LogP contribution in [0.2, 0.25) is 0 Å². The zero-order valence-corrected chi connectivity index (χ0v) is 13.4. The molecule has 0 radical (unpaired) electrons. The smallest absolute Gasteiger partial charge is 0.228 e. The normalized spacial score (nSPS) is 14.0. The molecule has 24 heavy (non-hydrogen) atoms. The summed E-state index contributed by atoms with van der Waals surface area (Å²) in [6.45, 7) is 6.28. The Morgan fingerprint density at radius 3 is 2.92 bits per heavy atom. The van der Waals surface area contributed by atoms with Crippen LogP contribution in [-0.4, -0.2) is 40.4 Å². The van der Waals surface area contributed by atoms with Gasteiger partial charge in [0.2, 0.25) is 5.91 Å². The van der Waals surface area contributed by atoms with Crippen LogP contribution in [0.4, 0.5) is 10.2 Å². The molecule has 2 aromatic rings. The lowest BCUT2D eigenvalue weighted by atomic mass is 10.2. The van der Waals surface area contributed by atoms with Crippen LogP contribution < -0.4 is 4.90 Å². The summed E-state index contributed by atoms with van der Waals surface area (Å²) in [4.78, 5) is 24.9. The number of amides is 1. The first-order chi connectivity index (χ1) is 11.7. The molecule has 6 heteroatoms. The first kappa shape index (κ1) is 16.1. The van der Waals surface area contributed by atoms with Gasteiger partial charge in [-0.25, -0.2) is 9.37 Å². The van der Waals surface area contributed by atoms with Crippen LogP contribution >= 0.6 is 0 Å². The molecule has 0 atom stereocenters. The van der Waals surface area contributed by atoms with Gasteiger partial charge in [0.05, 0.1) is 12.6 Å². The number of hydrogen-bond donors (Lipinski definition) is 0. The van der Waals surface area contributed by atoms with E-state index in [0.717, 1.165) is 17.6 Å². The van der Waals surface area contributed by atoms with Crippen LogP contribution in [0.3, 0.4) is 0 Å². The highest BCUT2D eigenvalue weighted by molar-refractivity contribution is 5.78. The molecule has 0 spiro atoms. The van der Waals surface area contributed by atoms with E-state index >= 15 is 0 Å². The molecule has 0 N–H and O–H groups in total. The summed E-state index contributed by atoms with van der Waals surface area (Å²) in [5, 5.41) is 0. The van der Waals surface area contributed by atoms with Crippen LogP contribution in [-0.2, 0) is 17.8 Å². The third kappa shape index (κ3) is 3.59. The van der Waals surface area contributed by atoms with Gasteiger partial charge in [-0.3, -0.25) is 9.78 Å². The molecule has 0 saturated heterocycles. The molecular weight excluding hydrogens is 307 g/mol. The second kappa shape index (κ2) is 7.21. The molecule has 0 bridgehead atoms. The molecule has 0 aliphatic carbocycles. The molecule has 1 aliphatic rings. The van der Waals surface area contributed by atoms with Gasteiger partial charge in [0.1, 0.15) is 11.6 Å². The van der Waals surface area contributed by atoms with Crippen molar-refractivity contribution >= 4 is 11.7 Å². The van der Waals surface area contributed by atoms with Crippen molar-refractivity contribution in [2.45, 2.75) is 13.0 Å². The fraction of sp³-hybridized carbons (Fsp3) is 0.278. The van der Waals surface area contributed by atoms with Gasteiger partial charge >= 0.3 is 0 Å². The van der Waals surface area contributed by atoms with E-state index in [2.05, 4.69) is 21.4 Å². The number of pyridine rings is 2. The Morgan fingerprint density at radius 1 is 1.29 bits per heavy atom. The van der Waals surface area contributed by atoms with Gasteiger partial charge in [-0.15, -0.1) is 6.58 Å². The predicted molar refractivity (Wildman–Crippen MR) is 90.0 cm³/mol. The van der Waals surface area contributed by atoms with Crippen LogP contribution in [0.15, 0.2) is 49.3 Å². The van der Waals surface area contributed by atoms with Crippen molar-refractivity contribution in [1.82, 2.24) is 14.9 Å². The van der Waals surface area contributed by atoms with Gasteiger partial charge in [0.25, 0.3) is 0 Å². The Morgan fingerprint density at radius 2 is 2.17 bits per heavy atom. The van der Waals surface area contributed by atoms with Crippen LogP contribution in [0, 0.1) is 5.82 Å². The summed E-state index contributed by atoms with van der Waals surface area (Å²) >= 11 is 0. The van der Waals surface area contributed by atoms with Crippen molar-refractivity contribution in [1.29, 1.82) is 0 Å². The Labute approximate surface area is 140 Å². The molecule has 124 valence electrons. The Bertz CT molecular complexity index is 732. The lowest BCUT2D eigenvalue weighted by Crippen LogP contribution is -2.36. The van der Waals surface area contributed by atoms with Gasteiger partial charge in [0.15, 0.2) is 0 Å².